The summed E-state index contributed by atoms with van der Waals surface area (Å²) < 4.78 is 96.8. The molecule has 1 aromatic carbocycles. The van der Waals surface area contributed by atoms with Crippen molar-refractivity contribution in [1.29, 1.82) is 0 Å². The Bertz CT molecular complexity index is 1310. The van der Waals surface area contributed by atoms with Gasteiger partial charge in [0.1, 0.15) is 0 Å². The summed E-state index contributed by atoms with van der Waals surface area (Å²) >= 11 is 6.21. The maximum absolute atomic E-state index is 14.0. The molecule has 1 heterocycles. The van der Waals surface area contributed by atoms with Crippen molar-refractivity contribution in [3.8, 4) is 18.1 Å². The van der Waals surface area contributed by atoms with Crippen molar-refractivity contribution >= 4 is 35.1 Å². The third-order valence-electron chi connectivity index (χ3n) is 5.38. The molecule has 1 aliphatic rings. The number of hydrogen-bond acceptors (Lipinski definition) is 5. The number of benzene rings is 1. The Morgan fingerprint density at radius 2 is 2.03 bits per heavy atom. The molecule has 38 heavy (non-hydrogen) atoms. The molecule has 0 saturated heterocycles. The number of aliphatic imine (C=N–C) groups is 1. The van der Waals surface area contributed by atoms with Crippen LogP contribution in [-0.4, -0.2) is 52.2 Å². The summed E-state index contributed by atoms with van der Waals surface area (Å²) in [6, 6.07) is 4.12. The van der Waals surface area contributed by atoms with Crippen LogP contribution >= 0.6 is 11.6 Å². The van der Waals surface area contributed by atoms with Gasteiger partial charge >= 0.3 is 18.7 Å². The lowest BCUT2D eigenvalue weighted by molar-refractivity contribution is -0.291. The highest BCUT2D eigenvalue weighted by Gasteiger charge is 2.62. The fraction of sp³-hybridized carbons (Fsp3) is 0.348. The number of nitrogens with two attached hydrogens (primary N) is 1. The van der Waals surface area contributed by atoms with Gasteiger partial charge in [0, 0.05) is 31.1 Å². The lowest BCUT2D eigenvalue weighted by Crippen LogP contribution is -2.34. The van der Waals surface area contributed by atoms with Gasteiger partial charge in [-0.3, -0.25) is 4.79 Å². The van der Waals surface area contributed by atoms with Crippen LogP contribution in [0.5, 0.6) is 5.75 Å². The van der Waals surface area contributed by atoms with Crippen LogP contribution in [0.25, 0.3) is 5.57 Å². The normalized spacial score (nSPS) is 14.7. The molecule has 2 aromatic rings. The number of halogens is 8. The Labute approximate surface area is 216 Å². The number of alkyl halides is 7. The summed E-state index contributed by atoms with van der Waals surface area (Å²) in [6.45, 7) is -3.72. The van der Waals surface area contributed by atoms with Gasteiger partial charge in [-0.1, -0.05) is 23.6 Å². The molecule has 0 atom stereocenters. The molecule has 7 nitrogen and oxygen atoms in total. The summed E-state index contributed by atoms with van der Waals surface area (Å²) in [6.07, 6.45) is 2.63. The SMILES string of the molecule is C#CCN(C(=O)c1cc(C(=C/N)/C=N/c2c(OC(F)F)c(C(F)(F)C(F)(F)F)nn2C)ccc1Cl)C1CC1. The number of allylic oxidation sites excluding steroid dienone is 1. The van der Waals surface area contributed by atoms with Crippen molar-refractivity contribution in [3.05, 3.63) is 46.2 Å². The molecule has 3 rings (SSSR count). The van der Waals surface area contributed by atoms with Crippen LogP contribution in [-0.2, 0) is 13.0 Å². The molecule has 0 bridgehead atoms. The van der Waals surface area contributed by atoms with Gasteiger partial charge in [-0.25, -0.2) is 9.67 Å². The van der Waals surface area contributed by atoms with E-state index in [1.807, 2.05) is 0 Å². The molecule has 2 N–H and O–H groups in total. The van der Waals surface area contributed by atoms with Gasteiger partial charge in [-0.2, -0.15) is 35.8 Å². The zero-order valence-electron chi connectivity index (χ0n) is 19.4. The quantitative estimate of drug-likeness (QED) is 0.255. The van der Waals surface area contributed by atoms with Crippen molar-refractivity contribution in [2.75, 3.05) is 6.54 Å². The average Bonchev–Trinajstić information content (AvgIpc) is 3.62. The standard InChI is InChI=1S/C23H19ClF7N5O2/c1-3-8-36(14-5-6-14)20(37)15-9-12(4-7-16(15)24)13(10-32)11-33-19-17(38-21(25)26)18(34-35(19)2)22(27,28)23(29,30)31/h1,4,7,9-11,14,21H,5-6,8,32H2,2H3/b13-10+,33-11+. The van der Waals surface area contributed by atoms with Crippen molar-refractivity contribution in [2.24, 2.45) is 17.8 Å². The summed E-state index contributed by atoms with van der Waals surface area (Å²) in [7, 11) is 0.907. The molecule has 204 valence electrons. The number of carbonyl (C=O) groups is 1. The lowest BCUT2D eigenvalue weighted by atomic mass is 10.0. The first-order chi connectivity index (χ1) is 17.7. The largest absolute Gasteiger partial charge is 0.459 e. The molecule has 15 heteroatoms. The lowest BCUT2D eigenvalue weighted by Gasteiger charge is -2.20. The smallest absolute Gasteiger partial charge is 0.428 e. The number of aryl methyl sites for hydroxylation is 1. The van der Waals surface area contributed by atoms with E-state index in [2.05, 4.69) is 20.7 Å². The number of aromatic nitrogens is 2. The highest BCUT2D eigenvalue weighted by atomic mass is 35.5. The molecular weight excluding hydrogens is 547 g/mol. The second kappa shape index (κ2) is 10.9. The summed E-state index contributed by atoms with van der Waals surface area (Å²) in [4.78, 5) is 18.3. The molecule has 1 aromatic heterocycles. The van der Waals surface area contributed by atoms with E-state index in [0.29, 0.717) is 4.68 Å². The third kappa shape index (κ3) is 5.88. The van der Waals surface area contributed by atoms with E-state index >= 15 is 0 Å². The van der Waals surface area contributed by atoms with Gasteiger partial charge in [-0.15, -0.1) is 6.42 Å². The minimum atomic E-state index is -6.15. The molecule has 0 radical (unpaired) electrons. The van der Waals surface area contributed by atoms with Crippen LogP contribution in [0.3, 0.4) is 0 Å². The van der Waals surface area contributed by atoms with Gasteiger partial charge < -0.3 is 15.4 Å². The second-order valence-electron chi connectivity index (χ2n) is 8.02. The number of ether oxygens (including phenoxy) is 1. The first kappa shape index (κ1) is 28.8. The fourth-order valence-electron chi connectivity index (χ4n) is 3.39. The zero-order chi connectivity index (χ0) is 28.4. The maximum Gasteiger partial charge on any atom is 0.459 e. The molecule has 0 spiro atoms. The summed E-state index contributed by atoms with van der Waals surface area (Å²) in [5.74, 6) is -6.11. The van der Waals surface area contributed by atoms with Crippen molar-refractivity contribution in [2.45, 2.75) is 37.6 Å². The first-order valence-electron chi connectivity index (χ1n) is 10.7. The summed E-state index contributed by atoms with van der Waals surface area (Å²) in [5, 5.41) is 3.12. The Kier molecular flexibility index (Phi) is 8.30. The highest BCUT2D eigenvalue weighted by molar-refractivity contribution is 6.34. The maximum atomic E-state index is 14.0. The van der Waals surface area contributed by atoms with E-state index < -0.39 is 41.9 Å². The van der Waals surface area contributed by atoms with E-state index in [1.165, 1.54) is 23.1 Å². The van der Waals surface area contributed by atoms with Gasteiger partial charge in [0.25, 0.3) is 5.91 Å². The van der Waals surface area contributed by atoms with E-state index in [1.54, 1.807) is 0 Å². The van der Waals surface area contributed by atoms with Gasteiger partial charge in [0.15, 0.2) is 17.3 Å². The Hall–Kier alpha value is -3.73. The summed E-state index contributed by atoms with van der Waals surface area (Å²) in [5.41, 5.74) is 3.87. The van der Waals surface area contributed by atoms with Crippen LogP contribution in [0.4, 0.5) is 36.6 Å². The van der Waals surface area contributed by atoms with Crippen LogP contribution in [0.15, 0.2) is 29.4 Å². The highest BCUT2D eigenvalue weighted by Crippen LogP contribution is 2.49. The predicted octanol–water partition coefficient (Wildman–Crippen LogP) is 5.27. The molecule has 1 aliphatic carbocycles. The van der Waals surface area contributed by atoms with E-state index in [0.717, 1.165) is 32.3 Å². The molecule has 0 unspecified atom stereocenters. The van der Waals surface area contributed by atoms with Crippen LogP contribution < -0.4 is 10.5 Å². The average molecular weight is 566 g/mol. The third-order valence-corrected chi connectivity index (χ3v) is 5.71. The van der Waals surface area contributed by atoms with Gasteiger partial charge in [0.05, 0.1) is 17.1 Å². The first-order valence-corrected chi connectivity index (χ1v) is 11.1. The second-order valence-corrected chi connectivity index (χ2v) is 8.43. The number of carbonyl (C=O) groups excluding carboxylic acids is 1. The minimum absolute atomic E-state index is 0.0268. The molecular formula is C23H19ClF7N5O2. The monoisotopic (exact) mass is 565 g/mol. The van der Waals surface area contributed by atoms with Crippen molar-refractivity contribution < 1.29 is 40.3 Å². The molecule has 1 fully saturated rings. The van der Waals surface area contributed by atoms with Crippen LogP contribution in [0.2, 0.25) is 5.02 Å². The minimum Gasteiger partial charge on any atom is -0.428 e. The number of rotatable bonds is 9. The molecule has 1 amide bonds. The molecule has 0 aliphatic heterocycles. The molecule has 1 saturated carbocycles. The van der Waals surface area contributed by atoms with E-state index in [9.17, 15) is 35.5 Å². The number of nitrogens with zero attached hydrogens (tertiary/aromatic N) is 4. The Morgan fingerprint density at radius 1 is 1.37 bits per heavy atom. The Morgan fingerprint density at radius 3 is 2.55 bits per heavy atom. The number of terminal acetylenes is 1. The predicted molar refractivity (Wildman–Crippen MR) is 124 cm³/mol. The van der Waals surface area contributed by atoms with E-state index in [4.69, 9.17) is 23.8 Å². The van der Waals surface area contributed by atoms with Crippen molar-refractivity contribution in [3.63, 3.8) is 0 Å². The fourth-order valence-corrected chi connectivity index (χ4v) is 3.59. The van der Waals surface area contributed by atoms with Crippen molar-refractivity contribution in [1.82, 2.24) is 14.7 Å². The van der Waals surface area contributed by atoms with Gasteiger partial charge in [0.2, 0.25) is 0 Å². The van der Waals surface area contributed by atoms with Crippen LogP contribution in [0.1, 0.15) is 34.5 Å². The zero-order valence-corrected chi connectivity index (χ0v) is 20.2. The topological polar surface area (TPSA) is 85.7 Å². The van der Waals surface area contributed by atoms with E-state index in [-0.39, 0.29) is 34.3 Å². The van der Waals surface area contributed by atoms with Crippen LogP contribution in [0, 0.1) is 12.3 Å². The number of hydrogen-bond donors (Lipinski definition) is 1. The Balaban J connectivity index is 2.01. The van der Waals surface area contributed by atoms with Gasteiger partial charge in [-0.05, 0) is 30.5 Å². The number of amides is 1.